The summed E-state index contributed by atoms with van der Waals surface area (Å²) >= 11 is 0. The minimum Gasteiger partial charge on any atom is -0.391 e. The highest BCUT2D eigenvalue weighted by molar-refractivity contribution is 5.28. The molecule has 0 radical (unpaired) electrons. The molecule has 0 aliphatic carbocycles. The summed E-state index contributed by atoms with van der Waals surface area (Å²) in [5.41, 5.74) is 7.57. The average molecular weight is 190 g/mol. The van der Waals surface area contributed by atoms with Gasteiger partial charge in [0.2, 0.25) is 0 Å². The maximum Gasteiger partial charge on any atom is 0.0704 e. The molecule has 3 N–H and O–H groups in total. The lowest BCUT2D eigenvalue weighted by Gasteiger charge is -2.15. The third kappa shape index (κ3) is 2.56. The van der Waals surface area contributed by atoms with Crippen molar-refractivity contribution in [2.24, 2.45) is 5.73 Å². The van der Waals surface area contributed by atoms with E-state index in [1.165, 1.54) is 0 Å². The molecule has 0 amide bonds. The molecule has 3 heteroatoms. The molecular formula is C11H14N2O. The van der Waals surface area contributed by atoms with Crippen molar-refractivity contribution >= 4 is 0 Å². The minimum atomic E-state index is -0.577. The molecule has 1 aromatic rings. The highest BCUT2D eigenvalue weighted by Crippen LogP contribution is 2.15. The van der Waals surface area contributed by atoms with E-state index in [2.05, 4.69) is 6.07 Å². The van der Waals surface area contributed by atoms with Crippen molar-refractivity contribution in [3.8, 4) is 6.07 Å². The molecule has 0 fully saturated rings. The highest BCUT2D eigenvalue weighted by atomic mass is 16.3. The van der Waals surface area contributed by atoms with E-state index in [1.807, 2.05) is 24.3 Å². The fourth-order valence-corrected chi connectivity index (χ4v) is 1.28. The summed E-state index contributed by atoms with van der Waals surface area (Å²) < 4.78 is 0. The fourth-order valence-electron chi connectivity index (χ4n) is 1.28. The van der Waals surface area contributed by atoms with E-state index in [4.69, 9.17) is 11.0 Å². The lowest BCUT2D eigenvalue weighted by molar-refractivity contribution is 0.164. The first kappa shape index (κ1) is 10.7. The van der Waals surface area contributed by atoms with Gasteiger partial charge < -0.3 is 10.8 Å². The molecule has 0 unspecified atom stereocenters. The second kappa shape index (κ2) is 4.75. The molecule has 2 atom stereocenters. The average Bonchev–Trinajstić information content (AvgIpc) is 2.17. The van der Waals surface area contributed by atoms with Gasteiger partial charge in [-0.1, -0.05) is 24.3 Å². The Kier molecular flexibility index (Phi) is 3.63. The molecule has 0 heterocycles. The quantitative estimate of drug-likeness (QED) is 0.750. The minimum absolute atomic E-state index is 0.375. The molecule has 14 heavy (non-hydrogen) atoms. The maximum atomic E-state index is 9.31. The first-order chi connectivity index (χ1) is 6.65. The summed E-state index contributed by atoms with van der Waals surface area (Å²) in [7, 11) is 0. The van der Waals surface area contributed by atoms with Gasteiger partial charge in [0.1, 0.15) is 0 Å². The molecule has 1 rings (SSSR count). The number of aliphatic hydroxyl groups excluding tert-OH is 1. The summed E-state index contributed by atoms with van der Waals surface area (Å²) in [4.78, 5) is 0. The number of nitriles is 1. The van der Waals surface area contributed by atoms with Crippen LogP contribution in [0.1, 0.15) is 24.1 Å². The van der Waals surface area contributed by atoms with E-state index >= 15 is 0 Å². The van der Waals surface area contributed by atoms with E-state index < -0.39 is 6.10 Å². The number of nitrogens with two attached hydrogens (primary N) is 1. The Balaban J connectivity index is 2.89. The van der Waals surface area contributed by atoms with Crippen molar-refractivity contribution in [2.75, 3.05) is 0 Å². The third-order valence-corrected chi connectivity index (χ3v) is 2.14. The van der Waals surface area contributed by atoms with E-state index in [1.54, 1.807) is 6.92 Å². The predicted molar refractivity (Wildman–Crippen MR) is 54.4 cm³/mol. The number of aliphatic hydroxyl groups is 1. The molecule has 0 saturated carbocycles. The SMILES string of the molecule is C[C@H](O)[C@@H](N)c1cccc(CC#N)c1. The Morgan fingerprint density at radius 3 is 2.86 bits per heavy atom. The van der Waals surface area contributed by atoms with Crippen LogP contribution in [0, 0.1) is 11.3 Å². The van der Waals surface area contributed by atoms with Gasteiger partial charge in [0.15, 0.2) is 0 Å². The number of nitrogens with zero attached hydrogens (tertiary/aromatic N) is 1. The Labute approximate surface area is 83.8 Å². The van der Waals surface area contributed by atoms with Crippen molar-refractivity contribution in [3.63, 3.8) is 0 Å². The zero-order valence-corrected chi connectivity index (χ0v) is 8.14. The van der Waals surface area contributed by atoms with Gasteiger partial charge in [-0.15, -0.1) is 0 Å². The van der Waals surface area contributed by atoms with Crippen LogP contribution in [0.4, 0.5) is 0 Å². The van der Waals surface area contributed by atoms with Gasteiger partial charge in [0.05, 0.1) is 24.6 Å². The van der Waals surface area contributed by atoms with Gasteiger partial charge in [-0.2, -0.15) is 5.26 Å². The summed E-state index contributed by atoms with van der Waals surface area (Å²) in [5.74, 6) is 0. The van der Waals surface area contributed by atoms with Crippen LogP contribution in [0.3, 0.4) is 0 Å². The van der Waals surface area contributed by atoms with Crippen molar-refractivity contribution in [1.82, 2.24) is 0 Å². The molecular weight excluding hydrogens is 176 g/mol. The molecule has 74 valence electrons. The van der Waals surface area contributed by atoms with Crippen LogP contribution in [0.15, 0.2) is 24.3 Å². The number of benzene rings is 1. The van der Waals surface area contributed by atoms with Gasteiger partial charge in [0, 0.05) is 0 Å². The van der Waals surface area contributed by atoms with Crippen molar-refractivity contribution in [3.05, 3.63) is 35.4 Å². The lowest BCUT2D eigenvalue weighted by Crippen LogP contribution is -2.23. The van der Waals surface area contributed by atoms with Crippen LogP contribution in [0.5, 0.6) is 0 Å². The maximum absolute atomic E-state index is 9.31. The van der Waals surface area contributed by atoms with Gasteiger partial charge in [-0.3, -0.25) is 0 Å². The molecule has 0 aliphatic heterocycles. The smallest absolute Gasteiger partial charge is 0.0704 e. The van der Waals surface area contributed by atoms with E-state index in [9.17, 15) is 5.11 Å². The van der Waals surface area contributed by atoms with Crippen molar-refractivity contribution in [2.45, 2.75) is 25.5 Å². The standard InChI is InChI=1S/C11H14N2O/c1-8(14)11(13)10-4-2-3-9(7-10)5-6-12/h2-4,7-8,11,14H,5,13H2,1H3/t8-,11+/m0/s1. The largest absolute Gasteiger partial charge is 0.391 e. The Morgan fingerprint density at radius 2 is 2.29 bits per heavy atom. The molecule has 3 nitrogen and oxygen atoms in total. The zero-order valence-electron chi connectivity index (χ0n) is 8.14. The first-order valence-electron chi connectivity index (χ1n) is 4.54. The van der Waals surface area contributed by atoms with Crippen LogP contribution < -0.4 is 5.73 Å². The molecule has 0 bridgehead atoms. The number of hydrogen-bond donors (Lipinski definition) is 2. The van der Waals surface area contributed by atoms with Crippen molar-refractivity contribution in [1.29, 1.82) is 5.26 Å². The monoisotopic (exact) mass is 190 g/mol. The lowest BCUT2D eigenvalue weighted by atomic mass is 10.0. The molecule has 0 aromatic heterocycles. The highest BCUT2D eigenvalue weighted by Gasteiger charge is 2.11. The first-order valence-corrected chi connectivity index (χ1v) is 4.54. The predicted octanol–water partition coefficient (Wildman–Crippen LogP) is 1.13. The van der Waals surface area contributed by atoms with Crippen molar-refractivity contribution < 1.29 is 5.11 Å². The third-order valence-electron chi connectivity index (χ3n) is 2.14. The normalized spacial score (nSPS) is 14.4. The summed E-state index contributed by atoms with van der Waals surface area (Å²) in [6.07, 6.45) is -0.201. The second-order valence-corrected chi connectivity index (χ2v) is 3.35. The van der Waals surface area contributed by atoms with Gasteiger partial charge in [-0.05, 0) is 18.1 Å². The molecule has 1 aromatic carbocycles. The summed E-state index contributed by atoms with van der Waals surface area (Å²) in [6, 6.07) is 9.14. The molecule has 0 spiro atoms. The Hall–Kier alpha value is -1.37. The van der Waals surface area contributed by atoms with Crippen LogP contribution >= 0.6 is 0 Å². The summed E-state index contributed by atoms with van der Waals surface area (Å²) in [5, 5.41) is 17.8. The number of hydrogen-bond acceptors (Lipinski definition) is 3. The van der Waals surface area contributed by atoms with E-state index in [0.29, 0.717) is 6.42 Å². The van der Waals surface area contributed by atoms with Crippen LogP contribution in [0.2, 0.25) is 0 Å². The molecule has 0 saturated heterocycles. The van der Waals surface area contributed by atoms with Crippen LogP contribution in [-0.2, 0) is 6.42 Å². The Morgan fingerprint density at radius 1 is 1.57 bits per heavy atom. The fraction of sp³-hybridized carbons (Fsp3) is 0.364. The zero-order chi connectivity index (χ0) is 10.6. The topological polar surface area (TPSA) is 70.0 Å². The number of rotatable bonds is 3. The van der Waals surface area contributed by atoms with Gasteiger partial charge in [0.25, 0.3) is 0 Å². The van der Waals surface area contributed by atoms with Gasteiger partial charge >= 0.3 is 0 Å². The summed E-state index contributed by atoms with van der Waals surface area (Å²) in [6.45, 7) is 1.65. The Bertz CT molecular complexity index is 341. The second-order valence-electron chi connectivity index (χ2n) is 3.35. The van der Waals surface area contributed by atoms with E-state index in [-0.39, 0.29) is 6.04 Å². The van der Waals surface area contributed by atoms with E-state index in [0.717, 1.165) is 11.1 Å². The molecule has 0 aliphatic rings. The van der Waals surface area contributed by atoms with Crippen LogP contribution in [-0.4, -0.2) is 11.2 Å². The van der Waals surface area contributed by atoms with Gasteiger partial charge in [-0.25, -0.2) is 0 Å². The van der Waals surface area contributed by atoms with Crippen LogP contribution in [0.25, 0.3) is 0 Å².